The molecule has 4 nitrogen and oxygen atoms in total. The van der Waals surface area contributed by atoms with Crippen LogP contribution in [0.15, 0.2) is 18.2 Å². The first-order valence-electron chi connectivity index (χ1n) is 5.43. The smallest absolute Gasteiger partial charge is 0.162 e. The van der Waals surface area contributed by atoms with Crippen LogP contribution >= 0.6 is 0 Å². The lowest BCUT2D eigenvalue weighted by Gasteiger charge is -2.10. The molecule has 0 saturated heterocycles. The average Bonchev–Trinajstić information content (AvgIpc) is 2.29. The fourth-order valence-electron chi connectivity index (χ4n) is 1.38. The van der Waals surface area contributed by atoms with Gasteiger partial charge in [0.05, 0.1) is 13.2 Å². The molecule has 0 heterocycles. The minimum atomic E-state index is 0.217. The zero-order chi connectivity index (χ0) is 11.8. The Morgan fingerprint density at radius 2 is 2.19 bits per heavy atom. The van der Waals surface area contributed by atoms with E-state index in [9.17, 15) is 5.11 Å². The van der Waals surface area contributed by atoms with Crippen molar-refractivity contribution in [1.82, 2.24) is 5.32 Å². The third-order valence-corrected chi connectivity index (χ3v) is 2.18. The van der Waals surface area contributed by atoms with Gasteiger partial charge in [0.15, 0.2) is 11.5 Å². The van der Waals surface area contributed by atoms with Crippen molar-refractivity contribution >= 4 is 0 Å². The number of phenolic OH excluding ortho intramolecular Hbond substituents is 1. The summed E-state index contributed by atoms with van der Waals surface area (Å²) in [6, 6.07) is 5.51. The van der Waals surface area contributed by atoms with Gasteiger partial charge in [0.25, 0.3) is 0 Å². The van der Waals surface area contributed by atoms with Crippen LogP contribution in [-0.4, -0.2) is 32.0 Å². The minimum absolute atomic E-state index is 0.217. The molecule has 0 aliphatic heterocycles. The second-order valence-electron chi connectivity index (χ2n) is 3.37. The van der Waals surface area contributed by atoms with Crippen LogP contribution in [0.4, 0.5) is 0 Å². The summed E-state index contributed by atoms with van der Waals surface area (Å²) in [6.07, 6.45) is 0. The van der Waals surface area contributed by atoms with Gasteiger partial charge in [-0.2, -0.15) is 0 Å². The standard InChI is InChI=1S/C12H19NO3/c1-3-16-11-6-4-5-10(12(11)14)9-13-7-8-15-2/h4-6,13-14H,3,7-9H2,1-2H3. The topological polar surface area (TPSA) is 50.7 Å². The highest BCUT2D eigenvalue weighted by Crippen LogP contribution is 2.29. The van der Waals surface area contributed by atoms with Crippen molar-refractivity contribution in [2.24, 2.45) is 0 Å². The lowest BCUT2D eigenvalue weighted by Crippen LogP contribution is -2.18. The Balaban J connectivity index is 2.55. The number of benzene rings is 1. The van der Waals surface area contributed by atoms with E-state index in [1.807, 2.05) is 19.1 Å². The van der Waals surface area contributed by atoms with E-state index >= 15 is 0 Å². The lowest BCUT2D eigenvalue weighted by atomic mass is 10.2. The number of aromatic hydroxyl groups is 1. The molecular formula is C12H19NO3. The van der Waals surface area contributed by atoms with Gasteiger partial charge in [-0.05, 0) is 13.0 Å². The zero-order valence-corrected chi connectivity index (χ0v) is 9.82. The van der Waals surface area contributed by atoms with Crippen LogP contribution in [0, 0.1) is 0 Å². The Morgan fingerprint density at radius 1 is 1.38 bits per heavy atom. The van der Waals surface area contributed by atoms with Crippen molar-refractivity contribution in [3.05, 3.63) is 23.8 Å². The summed E-state index contributed by atoms with van der Waals surface area (Å²) in [4.78, 5) is 0. The molecule has 4 heteroatoms. The molecule has 2 N–H and O–H groups in total. The maximum absolute atomic E-state index is 9.88. The van der Waals surface area contributed by atoms with Crippen molar-refractivity contribution in [1.29, 1.82) is 0 Å². The van der Waals surface area contributed by atoms with Crippen molar-refractivity contribution in [2.45, 2.75) is 13.5 Å². The second-order valence-corrected chi connectivity index (χ2v) is 3.37. The van der Waals surface area contributed by atoms with E-state index in [1.54, 1.807) is 13.2 Å². The van der Waals surface area contributed by atoms with Gasteiger partial charge in [-0.3, -0.25) is 0 Å². The normalized spacial score (nSPS) is 10.4. The van der Waals surface area contributed by atoms with Crippen LogP contribution in [0.1, 0.15) is 12.5 Å². The molecular weight excluding hydrogens is 206 g/mol. The second kappa shape index (κ2) is 7.09. The van der Waals surface area contributed by atoms with Crippen LogP contribution in [0.3, 0.4) is 0 Å². The average molecular weight is 225 g/mol. The maximum atomic E-state index is 9.88. The fraction of sp³-hybridized carbons (Fsp3) is 0.500. The van der Waals surface area contributed by atoms with Gasteiger partial charge in [0.2, 0.25) is 0 Å². The van der Waals surface area contributed by atoms with Gasteiger partial charge < -0.3 is 19.9 Å². The third-order valence-electron chi connectivity index (χ3n) is 2.18. The van der Waals surface area contributed by atoms with Crippen LogP contribution in [-0.2, 0) is 11.3 Å². The number of phenols is 1. The molecule has 90 valence electrons. The van der Waals surface area contributed by atoms with Crippen LogP contribution in [0.5, 0.6) is 11.5 Å². The quantitative estimate of drug-likeness (QED) is 0.691. The maximum Gasteiger partial charge on any atom is 0.162 e. The highest BCUT2D eigenvalue weighted by molar-refractivity contribution is 5.45. The summed E-state index contributed by atoms with van der Waals surface area (Å²) >= 11 is 0. The monoisotopic (exact) mass is 225 g/mol. The number of rotatable bonds is 7. The predicted molar refractivity (Wildman–Crippen MR) is 62.9 cm³/mol. The van der Waals surface area contributed by atoms with Crippen LogP contribution in [0.2, 0.25) is 0 Å². The molecule has 1 aromatic carbocycles. The van der Waals surface area contributed by atoms with Crippen molar-refractivity contribution in [3.8, 4) is 11.5 Å². The predicted octanol–water partition coefficient (Wildman–Crippen LogP) is 1.53. The van der Waals surface area contributed by atoms with E-state index in [2.05, 4.69) is 5.32 Å². The largest absolute Gasteiger partial charge is 0.504 e. The molecule has 1 rings (SSSR count). The highest BCUT2D eigenvalue weighted by Gasteiger charge is 2.06. The van der Waals surface area contributed by atoms with Gasteiger partial charge >= 0.3 is 0 Å². The van der Waals surface area contributed by atoms with Crippen molar-refractivity contribution < 1.29 is 14.6 Å². The first kappa shape index (κ1) is 12.8. The summed E-state index contributed by atoms with van der Waals surface area (Å²) in [7, 11) is 1.66. The molecule has 0 radical (unpaired) electrons. The van der Waals surface area contributed by atoms with E-state index in [4.69, 9.17) is 9.47 Å². The molecule has 0 amide bonds. The van der Waals surface area contributed by atoms with E-state index in [0.717, 1.165) is 12.1 Å². The summed E-state index contributed by atoms with van der Waals surface area (Å²) in [5.74, 6) is 0.753. The molecule has 0 aliphatic carbocycles. The molecule has 0 aliphatic rings. The van der Waals surface area contributed by atoms with Gasteiger partial charge in [0, 0.05) is 25.8 Å². The summed E-state index contributed by atoms with van der Waals surface area (Å²) < 4.78 is 10.2. The Bertz CT molecular complexity index is 315. The molecule has 16 heavy (non-hydrogen) atoms. The molecule has 0 unspecified atom stereocenters. The van der Waals surface area contributed by atoms with E-state index < -0.39 is 0 Å². The number of hydrogen-bond donors (Lipinski definition) is 2. The summed E-state index contributed by atoms with van der Waals surface area (Å²) in [5.41, 5.74) is 0.835. The van der Waals surface area contributed by atoms with Crippen molar-refractivity contribution in [2.75, 3.05) is 26.9 Å². The molecule has 0 bridgehead atoms. The Morgan fingerprint density at radius 3 is 2.88 bits per heavy atom. The Hall–Kier alpha value is -1.26. The summed E-state index contributed by atoms with van der Waals surface area (Å²) in [5, 5.41) is 13.1. The first-order chi connectivity index (χ1) is 7.79. The van der Waals surface area contributed by atoms with E-state index in [-0.39, 0.29) is 5.75 Å². The molecule has 0 aromatic heterocycles. The Kier molecular flexibility index (Phi) is 5.67. The lowest BCUT2D eigenvalue weighted by molar-refractivity contribution is 0.199. The zero-order valence-electron chi connectivity index (χ0n) is 9.82. The summed E-state index contributed by atoms with van der Waals surface area (Å²) in [6.45, 7) is 4.47. The SMILES string of the molecule is CCOc1cccc(CNCCOC)c1O. The number of ether oxygens (including phenoxy) is 2. The van der Waals surface area contributed by atoms with Crippen LogP contribution < -0.4 is 10.1 Å². The fourth-order valence-corrected chi connectivity index (χ4v) is 1.38. The van der Waals surface area contributed by atoms with Crippen molar-refractivity contribution in [3.63, 3.8) is 0 Å². The molecule has 0 spiro atoms. The van der Waals surface area contributed by atoms with Gasteiger partial charge in [-0.15, -0.1) is 0 Å². The minimum Gasteiger partial charge on any atom is -0.504 e. The number of methoxy groups -OCH3 is 1. The first-order valence-corrected chi connectivity index (χ1v) is 5.43. The van der Waals surface area contributed by atoms with Gasteiger partial charge in [0.1, 0.15) is 0 Å². The van der Waals surface area contributed by atoms with Gasteiger partial charge in [-0.1, -0.05) is 12.1 Å². The number of para-hydroxylation sites is 1. The molecule has 0 atom stereocenters. The van der Waals surface area contributed by atoms with E-state index in [0.29, 0.717) is 25.5 Å². The Labute approximate surface area is 96.2 Å². The molecule has 0 saturated carbocycles. The number of nitrogens with one attached hydrogen (secondary N) is 1. The van der Waals surface area contributed by atoms with Crippen LogP contribution in [0.25, 0.3) is 0 Å². The van der Waals surface area contributed by atoms with Gasteiger partial charge in [-0.25, -0.2) is 0 Å². The number of hydrogen-bond acceptors (Lipinski definition) is 4. The van der Waals surface area contributed by atoms with E-state index in [1.165, 1.54) is 0 Å². The molecule has 1 aromatic rings. The third kappa shape index (κ3) is 3.72. The highest BCUT2D eigenvalue weighted by atomic mass is 16.5. The molecule has 0 fully saturated rings.